The fourth-order valence-corrected chi connectivity index (χ4v) is 1.16. The minimum atomic E-state index is -0.214. The molecule has 0 radical (unpaired) electrons. The fraction of sp³-hybridized carbons (Fsp3) is 0.615. The summed E-state index contributed by atoms with van der Waals surface area (Å²) in [5.74, 6) is 0.115. The summed E-state index contributed by atoms with van der Waals surface area (Å²) in [6.45, 7) is 13.6. The molecule has 0 unspecified atom stereocenters. The molecule has 0 fully saturated rings. The minimum absolute atomic E-state index is 0.214. The van der Waals surface area contributed by atoms with Gasteiger partial charge in [0.15, 0.2) is 0 Å². The molecule has 0 aliphatic rings. The van der Waals surface area contributed by atoms with Gasteiger partial charge in [0.2, 0.25) is 0 Å². The molecule has 0 aromatic heterocycles. The van der Waals surface area contributed by atoms with E-state index in [1.807, 2.05) is 0 Å². The van der Waals surface area contributed by atoms with Crippen molar-refractivity contribution in [2.24, 2.45) is 5.41 Å². The van der Waals surface area contributed by atoms with Crippen LogP contribution in [-0.4, -0.2) is 5.97 Å². The first-order valence-corrected chi connectivity index (χ1v) is 5.37. The number of hydrogen-bond acceptors (Lipinski definition) is 2. The Morgan fingerprint density at radius 3 is 2.40 bits per heavy atom. The van der Waals surface area contributed by atoms with E-state index in [4.69, 9.17) is 4.74 Å². The lowest BCUT2D eigenvalue weighted by Crippen LogP contribution is -2.06. The second-order valence-corrected chi connectivity index (χ2v) is 4.91. The Bertz CT molecular complexity index is 233. The molecular formula is C13H22O2. The summed E-state index contributed by atoms with van der Waals surface area (Å²) >= 11 is 0. The van der Waals surface area contributed by atoms with Crippen molar-refractivity contribution in [3.63, 3.8) is 0 Å². The zero-order chi connectivity index (χ0) is 11.9. The van der Waals surface area contributed by atoms with Gasteiger partial charge in [-0.05, 0) is 24.3 Å². The highest BCUT2D eigenvalue weighted by molar-refractivity contribution is 5.70. The Morgan fingerprint density at radius 1 is 1.33 bits per heavy atom. The van der Waals surface area contributed by atoms with Gasteiger partial charge in [-0.1, -0.05) is 40.3 Å². The largest absolute Gasteiger partial charge is 0.427 e. The maximum atomic E-state index is 11.2. The first-order valence-electron chi connectivity index (χ1n) is 5.37. The number of unbranched alkanes of at least 4 members (excludes halogenated alkanes) is 1. The summed E-state index contributed by atoms with van der Waals surface area (Å²) in [7, 11) is 0. The molecule has 86 valence electrons. The van der Waals surface area contributed by atoms with Crippen molar-refractivity contribution in [1.29, 1.82) is 0 Å². The molecule has 0 aromatic rings. The molecule has 0 N–H and O–H groups in total. The molecular weight excluding hydrogens is 188 g/mol. The van der Waals surface area contributed by atoms with E-state index >= 15 is 0 Å². The summed E-state index contributed by atoms with van der Waals surface area (Å²) in [6, 6.07) is 0. The van der Waals surface area contributed by atoms with Crippen molar-refractivity contribution in [2.75, 3.05) is 0 Å². The summed E-state index contributed by atoms with van der Waals surface area (Å²) in [5.41, 5.74) is 0.342. The van der Waals surface area contributed by atoms with Gasteiger partial charge in [-0.2, -0.15) is 0 Å². The van der Waals surface area contributed by atoms with E-state index in [1.54, 1.807) is 0 Å². The van der Waals surface area contributed by atoms with Crippen LogP contribution in [0.1, 0.15) is 46.5 Å². The van der Waals surface area contributed by atoms with E-state index in [1.165, 1.54) is 6.08 Å². The third-order valence-corrected chi connectivity index (χ3v) is 2.03. The average Bonchev–Trinajstić information content (AvgIpc) is 2.11. The molecule has 0 amide bonds. The SMILES string of the molecule is C=CC(=C)OC(=O)CCCCC(C)(C)C. The second-order valence-electron chi connectivity index (χ2n) is 4.91. The van der Waals surface area contributed by atoms with E-state index in [0.717, 1.165) is 19.3 Å². The van der Waals surface area contributed by atoms with Crippen LogP contribution < -0.4 is 0 Å². The van der Waals surface area contributed by atoms with Crippen LogP contribution in [0.2, 0.25) is 0 Å². The Morgan fingerprint density at radius 2 is 1.93 bits per heavy atom. The monoisotopic (exact) mass is 210 g/mol. The lowest BCUT2D eigenvalue weighted by molar-refractivity contribution is -0.139. The highest BCUT2D eigenvalue weighted by Gasteiger charge is 2.10. The molecule has 0 aromatic carbocycles. The van der Waals surface area contributed by atoms with Gasteiger partial charge >= 0.3 is 5.97 Å². The molecule has 0 saturated carbocycles. The summed E-state index contributed by atoms with van der Waals surface area (Å²) in [4.78, 5) is 11.2. The smallest absolute Gasteiger partial charge is 0.311 e. The number of allylic oxidation sites excluding steroid dienone is 1. The lowest BCUT2D eigenvalue weighted by Gasteiger charge is -2.17. The molecule has 0 saturated heterocycles. The van der Waals surface area contributed by atoms with E-state index in [-0.39, 0.29) is 5.97 Å². The Labute approximate surface area is 93.0 Å². The molecule has 0 atom stereocenters. The van der Waals surface area contributed by atoms with Crippen LogP contribution in [0.3, 0.4) is 0 Å². The van der Waals surface area contributed by atoms with Gasteiger partial charge in [0.1, 0.15) is 5.76 Å². The van der Waals surface area contributed by atoms with Crippen LogP contribution in [0.25, 0.3) is 0 Å². The standard InChI is InChI=1S/C13H22O2/c1-6-11(2)15-12(14)9-7-8-10-13(3,4)5/h6H,1-2,7-10H2,3-5H3. The normalized spacial score (nSPS) is 10.9. The van der Waals surface area contributed by atoms with Gasteiger partial charge in [-0.3, -0.25) is 4.79 Å². The average molecular weight is 210 g/mol. The van der Waals surface area contributed by atoms with Crippen molar-refractivity contribution in [3.05, 3.63) is 25.0 Å². The maximum Gasteiger partial charge on any atom is 0.311 e. The third kappa shape index (κ3) is 9.26. The minimum Gasteiger partial charge on any atom is -0.427 e. The molecule has 0 aliphatic heterocycles. The molecule has 2 nitrogen and oxygen atoms in total. The number of rotatable bonds is 6. The Kier molecular flexibility index (Phi) is 5.99. The molecule has 0 aliphatic carbocycles. The first kappa shape index (κ1) is 13.9. The number of ether oxygens (including phenoxy) is 1. The van der Waals surface area contributed by atoms with E-state index in [2.05, 4.69) is 33.9 Å². The van der Waals surface area contributed by atoms with Gasteiger partial charge in [-0.25, -0.2) is 0 Å². The van der Waals surface area contributed by atoms with Gasteiger partial charge in [0.05, 0.1) is 0 Å². The molecule has 0 rings (SSSR count). The maximum absolute atomic E-state index is 11.2. The van der Waals surface area contributed by atoms with E-state index in [9.17, 15) is 4.79 Å². The molecule has 2 heteroatoms. The van der Waals surface area contributed by atoms with Crippen LogP contribution in [0.4, 0.5) is 0 Å². The van der Waals surface area contributed by atoms with Crippen molar-refractivity contribution in [2.45, 2.75) is 46.5 Å². The van der Waals surface area contributed by atoms with Crippen molar-refractivity contribution in [1.82, 2.24) is 0 Å². The number of esters is 1. The Balaban J connectivity index is 3.56. The van der Waals surface area contributed by atoms with E-state index in [0.29, 0.717) is 17.6 Å². The predicted octanol–water partition coefficient (Wildman–Crippen LogP) is 3.84. The second kappa shape index (κ2) is 6.44. The van der Waals surface area contributed by atoms with Crippen LogP contribution in [0.15, 0.2) is 25.0 Å². The highest BCUT2D eigenvalue weighted by Crippen LogP contribution is 2.22. The number of carbonyl (C=O) groups excluding carboxylic acids is 1. The molecule has 0 spiro atoms. The lowest BCUT2D eigenvalue weighted by atomic mass is 9.89. The van der Waals surface area contributed by atoms with Crippen molar-refractivity contribution >= 4 is 5.97 Å². The molecule has 15 heavy (non-hydrogen) atoms. The highest BCUT2D eigenvalue weighted by atomic mass is 16.5. The van der Waals surface area contributed by atoms with Crippen LogP contribution >= 0.6 is 0 Å². The van der Waals surface area contributed by atoms with Gasteiger partial charge in [0, 0.05) is 6.42 Å². The zero-order valence-corrected chi connectivity index (χ0v) is 10.1. The van der Waals surface area contributed by atoms with Crippen LogP contribution in [0.5, 0.6) is 0 Å². The zero-order valence-electron chi connectivity index (χ0n) is 10.1. The van der Waals surface area contributed by atoms with Gasteiger partial charge < -0.3 is 4.74 Å². The van der Waals surface area contributed by atoms with Crippen molar-refractivity contribution in [3.8, 4) is 0 Å². The third-order valence-electron chi connectivity index (χ3n) is 2.03. The van der Waals surface area contributed by atoms with E-state index < -0.39 is 0 Å². The Hall–Kier alpha value is -1.05. The van der Waals surface area contributed by atoms with Crippen molar-refractivity contribution < 1.29 is 9.53 Å². The number of hydrogen-bond donors (Lipinski definition) is 0. The topological polar surface area (TPSA) is 26.3 Å². The fourth-order valence-electron chi connectivity index (χ4n) is 1.16. The quantitative estimate of drug-likeness (QED) is 0.288. The predicted molar refractivity (Wildman–Crippen MR) is 63.4 cm³/mol. The molecule has 0 heterocycles. The molecule has 0 bridgehead atoms. The summed E-state index contributed by atoms with van der Waals surface area (Å²) in [6.07, 6.45) is 4.96. The first-order chi connectivity index (χ1) is 6.85. The van der Waals surface area contributed by atoms with Crippen LogP contribution in [-0.2, 0) is 9.53 Å². The van der Waals surface area contributed by atoms with Gasteiger partial charge in [0.25, 0.3) is 0 Å². The van der Waals surface area contributed by atoms with Crippen LogP contribution in [0, 0.1) is 5.41 Å². The number of carbonyl (C=O) groups is 1. The summed E-state index contributed by atoms with van der Waals surface area (Å²) < 4.78 is 4.88. The van der Waals surface area contributed by atoms with Gasteiger partial charge in [-0.15, -0.1) is 0 Å². The summed E-state index contributed by atoms with van der Waals surface area (Å²) in [5, 5.41) is 0.